The van der Waals surface area contributed by atoms with E-state index in [0.29, 0.717) is 11.0 Å². The molecule has 1 aromatic carbocycles. The maximum atomic E-state index is 12.2. The monoisotopic (exact) mass is 316 g/mol. The number of nitrogens with zero attached hydrogens (tertiary/aromatic N) is 1. The normalized spacial score (nSPS) is 15.4. The van der Waals surface area contributed by atoms with Crippen molar-refractivity contribution in [2.24, 2.45) is 11.8 Å². The van der Waals surface area contributed by atoms with Crippen molar-refractivity contribution in [1.82, 2.24) is 4.98 Å². The lowest BCUT2D eigenvalue weighted by Crippen LogP contribution is -2.21. The van der Waals surface area contributed by atoms with Crippen LogP contribution in [0.5, 0.6) is 5.75 Å². The van der Waals surface area contributed by atoms with Gasteiger partial charge < -0.3 is 10.1 Å². The molecule has 1 saturated carbocycles. The molecule has 0 spiro atoms. The first-order valence-electron chi connectivity index (χ1n) is 7.51. The highest BCUT2D eigenvalue weighted by Gasteiger charge is 2.32. The molecule has 1 aromatic heterocycles. The zero-order chi connectivity index (χ0) is 15.7. The highest BCUT2D eigenvalue weighted by atomic mass is 32.1. The number of amides is 1. The molecule has 1 unspecified atom stereocenters. The number of ether oxygens (including phenoxy) is 1. The number of methoxy groups -OCH3 is 1. The number of rotatable bonds is 5. The third-order valence-electron chi connectivity index (χ3n) is 4.13. The van der Waals surface area contributed by atoms with Gasteiger partial charge in [-0.2, -0.15) is 0 Å². The molecule has 5 heteroatoms. The topological polar surface area (TPSA) is 51.2 Å². The molecule has 22 heavy (non-hydrogen) atoms. The first-order chi connectivity index (χ1) is 10.6. The Bertz CT molecular complexity index is 674. The third-order valence-corrected chi connectivity index (χ3v) is 5.02. The lowest BCUT2D eigenvalue weighted by atomic mass is 10.1. The van der Waals surface area contributed by atoms with Gasteiger partial charge >= 0.3 is 0 Å². The van der Waals surface area contributed by atoms with Crippen LogP contribution in [0.3, 0.4) is 0 Å². The highest BCUT2D eigenvalue weighted by molar-refractivity contribution is 7.16. The predicted octanol–water partition coefficient (Wildman–Crippen LogP) is 4.11. The second kappa shape index (κ2) is 6.08. The fourth-order valence-corrected chi connectivity index (χ4v) is 3.33. The number of nitrogens with one attached hydrogen (secondary N) is 1. The molecular weight excluding hydrogens is 296 g/mol. The summed E-state index contributed by atoms with van der Waals surface area (Å²) >= 11 is 1.52. The summed E-state index contributed by atoms with van der Waals surface area (Å²) in [5.41, 5.74) is 1.95. The fraction of sp³-hybridized carbons (Fsp3) is 0.412. The molecule has 2 aromatic rings. The van der Waals surface area contributed by atoms with Crippen LogP contribution in [0.1, 0.15) is 24.6 Å². The summed E-state index contributed by atoms with van der Waals surface area (Å²) in [5.74, 6) is 1.54. The Kier molecular flexibility index (Phi) is 4.16. The van der Waals surface area contributed by atoms with Crippen molar-refractivity contribution < 1.29 is 9.53 Å². The summed E-state index contributed by atoms with van der Waals surface area (Å²) in [6.45, 7) is 4.02. The van der Waals surface area contributed by atoms with E-state index >= 15 is 0 Å². The first-order valence-corrected chi connectivity index (χ1v) is 8.33. The van der Waals surface area contributed by atoms with Crippen molar-refractivity contribution in [2.75, 3.05) is 12.4 Å². The van der Waals surface area contributed by atoms with Gasteiger partial charge in [0.1, 0.15) is 5.75 Å². The number of anilines is 1. The van der Waals surface area contributed by atoms with Gasteiger partial charge in [0.05, 0.1) is 12.8 Å². The Balaban J connectivity index is 1.76. The zero-order valence-electron chi connectivity index (χ0n) is 13.1. The quantitative estimate of drug-likeness (QED) is 0.903. The number of thiazole rings is 1. The van der Waals surface area contributed by atoms with Crippen LogP contribution in [0.25, 0.3) is 11.3 Å². The van der Waals surface area contributed by atoms with Gasteiger partial charge in [-0.25, -0.2) is 4.98 Å². The Morgan fingerprint density at radius 1 is 1.36 bits per heavy atom. The van der Waals surface area contributed by atoms with E-state index in [0.717, 1.165) is 21.9 Å². The Hall–Kier alpha value is -1.88. The van der Waals surface area contributed by atoms with E-state index in [1.807, 2.05) is 38.1 Å². The average molecular weight is 316 g/mol. The predicted molar refractivity (Wildman–Crippen MR) is 89.4 cm³/mol. The number of aromatic nitrogens is 1. The largest absolute Gasteiger partial charge is 0.497 e. The van der Waals surface area contributed by atoms with Crippen molar-refractivity contribution in [3.05, 3.63) is 29.1 Å². The Morgan fingerprint density at radius 2 is 2.05 bits per heavy atom. The van der Waals surface area contributed by atoms with Crippen LogP contribution in [0.15, 0.2) is 24.3 Å². The van der Waals surface area contributed by atoms with E-state index in [1.165, 1.54) is 24.2 Å². The highest BCUT2D eigenvalue weighted by Crippen LogP contribution is 2.37. The average Bonchev–Trinajstić information content (AvgIpc) is 3.31. The van der Waals surface area contributed by atoms with Crippen LogP contribution >= 0.6 is 11.3 Å². The van der Waals surface area contributed by atoms with Crippen LogP contribution in [0.4, 0.5) is 5.13 Å². The van der Waals surface area contributed by atoms with Gasteiger partial charge in [-0.1, -0.05) is 6.92 Å². The van der Waals surface area contributed by atoms with E-state index in [9.17, 15) is 4.79 Å². The zero-order valence-corrected chi connectivity index (χ0v) is 13.9. The molecule has 1 aliphatic carbocycles. The smallest absolute Gasteiger partial charge is 0.229 e. The van der Waals surface area contributed by atoms with Crippen LogP contribution in [-0.4, -0.2) is 18.0 Å². The van der Waals surface area contributed by atoms with Gasteiger partial charge in [0.15, 0.2) is 5.13 Å². The minimum absolute atomic E-state index is 0.0774. The number of hydrogen-bond donors (Lipinski definition) is 1. The van der Waals surface area contributed by atoms with Gasteiger partial charge in [-0.15, -0.1) is 11.3 Å². The standard InChI is InChI=1S/C17H20N2O2S/c1-10(12-4-5-12)16(20)19-17-18-15(11(2)22-17)13-6-8-14(21-3)9-7-13/h6-10,12H,4-5H2,1-3H3,(H,18,19,20). The van der Waals surface area contributed by atoms with E-state index < -0.39 is 0 Å². The lowest BCUT2D eigenvalue weighted by Gasteiger charge is -2.08. The summed E-state index contributed by atoms with van der Waals surface area (Å²) < 4.78 is 5.17. The van der Waals surface area contributed by atoms with E-state index in [2.05, 4.69) is 10.3 Å². The molecule has 0 aliphatic heterocycles. The summed E-state index contributed by atoms with van der Waals surface area (Å²) in [7, 11) is 1.65. The van der Waals surface area contributed by atoms with E-state index in [1.54, 1.807) is 7.11 Å². The maximum absolute atomic E-state index is 12.2. The van der Waals surface area contributed by atoms with Gasteiger partial charge in [0.25, 0.3) is 0 Å². The number of carbonyl (C=O) groups is 1. The molecule has 4 nitrogen and oxygen atoms in total. The molecule has 116 valence electrons. The van der Waals surface area contributed by atoms with Crippen LogP contribution in [0.2, 0.25) is 0 Å². The molecule has 1 fully saturated rings. The van der Waals surface area contributed by atoms with E-state index in [-0.39, 0.29) is 11.8 Å². The second-order valence-electron chi connectivity index (χ2n) is 5.77. The summed E-state index contributed by atoms with van der Waals surface area (Å²) in [6, 6.07) is 7.81. The lowest BCUT2D eigenvalue weighted by molar-refractivity contribution is -0.119. The van der Waals surface area contributed by atoms with Crippen molar-refractivity contribution in [3.63, 3.8) is 0 Å². The third kappa shape index (κ3) is 3.14. The number of carbonyl (C=O) groups excluding carboxylic acids is 1. The fourth-order valence-electron chi connectivity index (χ4n) is 2.50. The molecule has 1 atom stereocenters. The number of benzene rings is 1. The van der Waals surface area contributed by atoms with Crippen molar-refractivity contribution in [2.45, 2.75) is 26.7 Å². The van der Waals surface area contributed by atoms with Crippen LogP contribution < -0.4 is 10.1 Å². The molecule has 0 saturated heterocycles. The summed E-state index contributed by atoms with van der Waals surface area (Å²) in [6.07, 6.45) is 2.34. The van der Waals surface area contributed by atoms with Crippen LogP contribution in [0, 0.1) is 18.8 Å². The SMILES string of the molecule is COc1ccc(-c2nc(NC(=O)C(C)C3CC3)sc2C)cc1. The Labute approximate surface area is 134 Å². The Morgan fingerprint density at radius 3 is 2.64 bits per heavy atom. The van der Waals surface area contributed by atoms with Gasteiger partial charge in [-0.05, 0) is 49.9 Å². The van der Waals surface area contributed by atoms with E-state index in [4.69, 9.17) is 4.74 Å². The minimum Gasteiger partial charge on any atom is -0.497 e. The number of aryl methyl sites for hydroxylation is 1. The van der Waals surface area contributed by atoms with Crippen molar-refractivity contribution in [3.8, 4) is 17.0 Å². The summed E-state index contributed by atoms with van der Waals surface area (Å²) in [4.78, 5) is 17.9. The van der Waals surface area contributed by atoms with Gasteiger partial charge in [-0.3, -0.25) is 4.79 Å². The van der Waals surface area contributed by atoms with Gasteiger partial charge in [0, 0.05) is 16.4 Å². The van der Waals surface area contributed by atoms with Gasteiger partial charge in [0.2, 0.25) is 5.91 Å². The molecule has 1 aliphatic rings. The summed E-state index contributed by atoms with van der Waals surface area (Å²) in [5, 5.41) is 3.64. The maximum Gasteiger partial charge on any atom is 0.229 e. The first kappa shape index (κ1) is 15.0. The molecular formula is C17H20N2O2S. The van der Waals surface area contributed by atoms with Crippen LogP contribution in [-0.2, 0) is 4.79 Å². The molecule has 1 N–H and O–H groups in total. The molecule has 3 rings (SSSR count). The number of hydrogen-bond acceptors (Lipinski definition) is 4. The molecule has 0 bridgehead atoms. The van der Waals surface area contributed by atoms with Crippen molar-refractivity contribution >= 4 is 22.4 Å². The molecule has 0 radical (unpaired) electrons. The second-order valence-corrected chi connectivity index (χ2v) is 6.97. The molecule has 1 heterocycles. The minimum atomic E-state index is 0.0774. The molecule has 1 amide bonds. The van der Waals surface area contributed by atoms with Crippen molar-refractivity contribution in [1.29, 1.82) is 0 Å².